The summed E-state index contributed by atoms with van der Waals surface area (Å²) in [6, 6.07) is 0. The Morgan fingerprint density at radius 2 is 1.94 bits per heavy atom. The smallest absolute Gasteiger partial charge is 0.325 e. The summed E-state index contributed by atoms with van der Waals surface area (Å²) in [5, 5.41) is 25.5. The van der Waals surface area contributed by atoms with Crippen molar-refractivity contribution >= 4 is 22.2 Å². The molecule has 0 aliphatic heterocycles. The fraction of sp³-hybridized carbons (Fsp3) is 0.444. The average molecular weight is 325 g/mol. The van der Waals surface area contributed by atoms with Crippen LogP contribution in [0.2, 0.25) is 0 Å². The van der Waals surface area contributed by atoms with Gasteiger partial charge in [-0.25, -0.2) is 4.79 Å². The molecule has 0 spiro atoms. The van der Waals surface area contributed by atoms with Crippen molar-refractivity contribution in [3.05, 3.63) is 31.5 Å². The van der Waals surface area contributed by atoms with Gasteiger partial charge in [-0.15, -0.1) is 0 Å². The van der Waals surface area contributed by atoms with Gasteiger partial charge in [0.25, 0.3) is 5.56 Å². The summed E-state index contributed by atoms with van der Waals surface area (Å²) >= 11 is 2.92. The number of halogens is 1. The topological polar surface area (TPSA) is 143 Å². The molecule has 102 valence electrons. The molecule has 0 aliphatic carbocycles. The minimum atomic E-state index is -1.20. The number of rotatable bonds is 4. The second-order valence-corrected chi connectivity index (χ2v) is 3.99. The molecule has 0 fully saturated rings. The fourth-order valence-corrected chi connectivity index (χ4v) is 0.984. The van der Waals surface area contributed by atoms with Crippen LogP contribution in [0.15, 0.2) is 20.3 Å². The second-order valence-electron chi connectivity index (χ2n) is 3.14. The maximum absolute atomic E-state index is 10.5. The van der Waals surface area contributed by atoms with E-state index in [-0.39, 0.29) is 6.42 Å². The van der Waals surface area contributed by atoms with E-state index in [0.29, 0.717) is 10.8 Å². The first kappa shape index (κ1) is 16.7. The first-order chi connectivity index (χ1) is 8.42. The zero-order valence-corrected chi connectivity index (χ0v) is 10.8. The Bertz CT molecular complexity index is 471. The molecule has 0 bridgehead atoms. The molecule has 1 heterocycles. The minimum absolute atomic E-state index is 0.137. The van der Waals surface area contributed by atoms with Gasteiger partial charge in [-0.3, -0.25) is 9.78 Å². The number of hydrogen-bond donors (Lipinski definition) is 5. The highest BCUT2D eigenvalue weighted by atomic mass is 79.9. The van der Waals surface area contributed by atoms with Crippen LogP contribution in [0.4, 0.5) is 0 Å². The Morgan fingerprint density at radius 1 is 1.33 bits per heavy atom. The summed E-state index contributed by atoms with van der Waals surface area (Å²) in [6.07, 6.45) is -0.686. The maximum Gasteiger partial charge on any atom is 0.325 e. The molecule has 0 aromatic carbocycles. The standard InChI is InChI=1S/C5H10O4.C4H3BrN2O2/c6-2-1-4(8)5(9)3-7;5-2-1-6-4(9)7-3(2)8/h2,4-5,7-9H,1,3H2;1H,(H2,6,7,8,9)/t4-,5+;/m0./s1. The Balaban J connectivity index is 0.000000321. The van der Waals surface area contributed by atoms with Gasteiger partial charge in [-0.2, -0.15) is 0 Å². The first-order valence-electron chi connectivity index (χ1n) is 4.80. The molecule has 0 aliphatic rings. The number of aromatic amines is 2. The summed E-state index contributed by atoms with van der Waals surface area (Å²) in [7, 11) is 0. The lowest BCUT2D eigenvalue weighted by atomic mass is 10.2. The molecule has 1 aromatic heterocycles. The molecular weight excluding hydrogens is 312 g/mol. The van der Waals surface area contributed by atoms with E-state index in [1.807, 2.05) is 4.98 Å². The summed E-state index contributed by atoms with van der Waals surface area (Å²) < 4.78 is 0.321. The number of aliphatic hydroxyl groups excluding tert-OH is 3. The van der Waals surface area contributed by atoms with Gasteiger partial charge in [-0.1, -0.05) is 0 Å². The van der Waals surface area contributed by atoms with Gasteiger partial charge >= 0.3 is 5.69 Å². The zero-order chi connectivity index (χ0) is 14.1. The van der Waals surface area contributed by atoms with Crippen LogP contribution < -0.4 is 11.2 Å². The Labute approximate surface area is 109 Å². The van der Waals surface area contributed by atoms with Crippen molar-refractivity contribution in [2.45, 2.75) is 18.6 Å². The lowest BCUT2D eigenvalue weighted by molar-refractivity contribution is -0.111. The molecule has 0 saturated heterocycles. The summed E-state index contributed by atoms with van der Waals surface area (Å²) in [6.45, 7) is -0.519. The van der Waals surface area contributed by atoms with E-state index in [9.17, 15) is 14.4 Å². The number of carbonyl (C=O) groups excluding carboxylic acids is 1. The molecule has 0 radical (unpaired) electrons. The van der Waals surface area contributed by atoms with Crippen molar-refractivity contribution < 1.29 is 20.1 Å². The van der Waals surface area contributed by atoms with Crippen molar-refractivity contribution in [1.82, 2.24) is 9.97 Å². The van der Waals surface area contributed by atoms with Gasteiger partial charge in [0, 0.05) is 12.6 Å². The quantitative estimate of drug-likeness (QED) is 0.410. The van der Waals surface area contributed by atoms with Crippen LogP contribution >= 0.6 is 15.9 Å². The highest BCUT2D eigenvalue weighted by Gasteiger charge is 2.13. The zero-order valence-electron chi connectivity index (χ0n) is 9.17. The van der Waals surface area contributed by atoms with Crippen molar-refractivity contribution in [3.63, 3.8) is 0 Å². The SMILES string of the molecule is O=CC[C@H](O)[C@H](O)CO.O=c1[nH]cc(Br)c(=O)[nH]1. The van der Waals surface area contributed by atoms with E-state index < -0.39 is 30.1 Å². The number of hydrogen-bond acceptors (Lipinski definition) is 6. The van der Waals surface area contributed by atoms with Gasteiger partial charge in [0.2, 0.25) is 0 Å². The van der Waals surface area contributed by atoms with Gasteiger partial charge in [0.15, 0.2) is 0 Å². The van der Waals surface area contributed by atoms with E-state index in [1.54, 1.807) is 0 Å². The van der Waals surface area contributed by atoms with Crippen LogP contribution in [0, 0.1) is 0 Å². The Hall–Kier alpha value is -1.29. The van der Waals surface area contributed by atoms with E-state index in [0.717, 1.165) is 0 Å². The lowest BCUT2D eigenvalue weighted by Gasteiger charge is -2.11. The second kappa shape index (κ2) is 8.75. The van der Waals surface area contributed by atoms with Crippen LogP contribution in [0.5, 0.6) is 0 Å². The summed E-state index contributed by atoms with van der Waals surface area (Å²) in [4.78, 5) is 34.8. The van der Waals surface area contributed by atoms with E-state index in [1.165, 1.54) is 6.20 Å². The molecule has 2 atom stereocenters. The molecule has 8 nitrogen and oxygen atoms in total. The monoisotopic (exact) mass is 324 g/mol. The molecule has 18 heavy (non-hydrogen) atoms. The number of aldehydes is 1. The average Bonchev–Trinajstić information content (AvgIpc) is 2.34. The molecular formula is C9H13BrN2O6. The van der Waals surface area contributed by atoms with E-state index in [4.69, 9.17) is 15.3 Å². The van der Waals surface area contributed by atoms with Crippen LogP contribution in [0.3, 0.4) is 0 Å². The largest absolute Gasteiger partial charge is 0.394 e. The van der Waals surface area contributed by atoms with Gasteiger partial charge in [-0.05, 0) is 15.9 Å². The van der Waals surface area contributed by atoms with Gasteiger partial charge < -0.3 is 25.1 Å². The molecule has 5 N–H and O–H groups in total. The lowest BCUT2D eigenvalue weighted by Crippen LogP contribution is -2.29. The summed E-state index contributed by atoms with van der Waals surface area (Å²) in [5.74, 6) is 0. The molecule has 9 heteroatoms. The summed E-state index contributed by atoms with van der Waals surface area (Å²) in [5.41, 5.74) is -0.915. The third kappa shape index (κ3) is 6.45. The van der Waals surface area contributed by atoms with Crippen LogP contribution in [0.25, 0.3) is 0 Å². The van der Waals surface area contributed by atoms with Crippen LogP contribution in [0.1, 0.15) is 6.42 Å². The predicted molar refractivity (Wildman–Crippen MR) is 65.2 cm³/mol. The molecule has 1 aromatic rings. The van der Waals surface area contributed by atoms with Crippen molar-refractivity contribution in [2.24, 2.45) is 0 Å². The Kier molecular flexibility index (Phi) is 8.12. The third-order valence-electron chi connectivity index (χ3n) is 1.74. The van der Waals surface area contributed by atoms with Crippen molar-refractivity contribution in [3.8, 4) is 0 Å². The highest BCUT2D eigenvalue weighted by molar-refractivity contribution is 9.10. The minimum Gasteiger partial charge on any atom is -0.394 e. The van der Waals surface area contributed by atoms with Crippen molar-refractivity contribution in [1.29, 1.82) is 0 Å². The first-order valence-corrected chi connectivity index (χ1v) is 5.59. The number of nitrogens with one attached hydrogen (secondary N) is 2. The molecule has 1 rings (SSSR count). The van der Waals surface area contributed by atoms with Crippen LogP contribution in [-0.2, 0) is 4.79 Å². The predicted octanol–water partition coefficient (Wildman–Crippen LogP) is -1.88. The van der Waals surface area contributed by atoms with E-state index in [2.05, 4.69) is 20.9 Å². The normalized spacial score (nSPS) is 13.1. The number of H-pyrrole nitrogens is 2. The Morgan fingerprint density at radius 3 is 2.33 bits per heavy atom. The van der Waals surface area contributed by atoms with Crippen molar-refractivity contribution in [2.75, 3.05) is 6.61 Å². The number of carbonyl (C=O) groups is 1. The maximum atomic E-state index is 10.5. The fourth-order valence-electron chi connectivity index (χ4n) is 0.771. The third-order valence-corrected chi connectivity index (χ3v) is 2.33. The highest BCUT2D eigenvalue weighted by Crippen LogP contribution is 1.94. The number of aromatic nitrogens is 2. The molecule has 0 unspecified atom stereocenters. The molecule has 0 saturated carbocycles. The number of aliphatic hydroxyl groups is 3. The molecule has 0 amide bonds. The van der Waals surface area contributed by atoms with Gasteiger partial charge in [0.05, 0.1) is 17.2 Å². The van der Waals surface area contributed by atoms with Gasteiger partial charge in [0.1, 0.15) is 12.4 Å². The van der Waals surface area contributed by atoms with Crippen LogP contribution in [-0.4, -0.2) is 50.4 Å². The van der Waals surface area contributed by atoms with E-state index >= 15 is 0 Å².